The molecular formula is C9H9Cl2NO. The third kappa shape index (κ3) is 2.99. The Labute approximate surface area is 86.8 Å². The second kappa shape index (κ2) is 5.22. The molecule has 0 saturated heterocycles. The predicted octanol–water partition coefficient (Wildman–Crippen LogP) is 2.78. The van der Waals surface area contributed by atoms with Crippen molar-refractivity contribution in [2.24, 2.45) is 0 Å². The van der Waals surface area contributed by atoms with Crippen LogP contribution in [-0.4, -0.2) is 16.7 Å². The summed E-state index contributed by atoms with van der Waals surface area (Å²) < 4.78 is 0. The van der Waals surface area contributed by atoms with Crippen LogP contribution >= 0.6 is 23.2 Å². The fraction of sp³-hybridized carbons (Fsp3) is 0.222. The summed E-state index contributed by atoms with van der Waals surface area (Å²) in [7, 11) is 0. The molecule has 0 unspecified atom stereocenters. The third-order valence-corrected chi connectivity index (χ3v) is 2.10. The minimum absolute atomic E-state index is 0.117. The summed E-state index contributed by atoms with van der Waals surface area (Å²) in [5.41, 5.74) is 0.694. The Morgan fingerprint density at radius 2 is 2.23 bits per heavy atom. The van der Waals surface area contributed by atoms with Crippen molar-refractivity contribution in [1.82, 2.24) is 4.98 Å². The van der Waals surface area contributed by atoms with Gasteiger partial charge in [-0.05, 0) is 12.5 Å². The summed E-state index contributed by atoms with van der Waals surface area (Å²) in [6.45, 7) is 0.117. The number of aliphatic hydroxyl groups excluding tert-OH is 1. The zero-order valence-electron chi connectivity index (χ0n) is 6.87. The van der Waals surface area contributed by atoms with Gasteiger partial charge in [0.25, 0.3) is 0 Å². The van der Waals surface area contributed by atoms with Crippen LogP contribution in [0.3, 0.4) is 0 Å². The van der Waals surface area contributed by atoms with Crippen LogP contribution in [0.4, 0.5) is 0 Å². The molecule has 2 nitrogen and oxygen atoms in total. The van der Waals surface area contributed by atoms with Crippen molar-refractivity contribution in [3.05, 3.63) is 34.1 Å². The van der Waals surface area contributed by atoms with E-state index in [1.54, 1.807) is 24.4 Å². The summed E-state index contributed by atoms with van der Waals surface area (Å²) in [4.78, 5) is 3.89. The fourth-order valence-corrected chi connectivity index (χ4v) is 1.33. The highest BCUT2D eigenvalue weighted by Crippen LogP contribution is 2.23. The molecular weight excluding hydrogens is 209 g/mol. The first kappa shape index (κ1) is 10.5. The van der Waals surface area contributed by atoms with E-state index in [1.165, 1.54) is 0 Å². The van der Waals surface area contributed by atoms with E-state index in [0.717, 1.165) is 0 Å². The second-order valence-corrected chi connectivity index (χ2v) is 3.18. The molecule has 1 N–H and O–H groups in total. The molecule has 0 aromatic carbocycles. The highest BCUT2D eigenvalue weighted by Gasteiger charge is 2.01. The van der Waals surface area contributed by atoms with E-state index < -0.39 is 0 Å². The Kier molecular flexibility index (Phi) is 4.22. The van der Waals surface area contributed by atoms with E-state index in [2.05, 4.69) is 4.98 Å². The van der Waals surface area contributed by atoms with Gasteiger partial charge in [-0.2, -0.15) is 0 Å². The Hall–Kier alpha value is -0.570. The van der Waals surface area contributed by atoms with Crippen LogP contribution in [-0.2, 0) is 0 Å². The molecule has 0 amide bonds. The fourth-order valence-electron chi connectivity index (χ4n) is 0.850. The van der Waals surface area contributed by atoms with Gasteiger partial charge in [-0.3, -0.25) is 0 Å². The van der Waals surface area contributed by atoms with E-state index in [4.69, 9.17) is 28.3 Å². The molecule has 1 aromatic rings. The average Bonchev–Trinajstić information content (AvgIpc) is 2.10. The number of nitrogens with zero attached hydrogens (tertiary/aromatic N) is 1. The maximum absolute atomic E-state index is 8.55. The number of hydrogen-bond acceptors (Lipinski definition) is 2. The van der Waals surface area contributed by atoms with Crippen LogP contribution in [0.25, 0.3) is 6.08 Å². The molecule has 70 valence electrons. The molecule has 13 heavy (non-hydrogen) atoms. The van der Waals surface area contributed by atoms with Crippen molar-refractivity contribution in [2.45, 2.75) is 6.42 Å². The van der Waals surface area contributed by atoms with Gasteiger partial charge in [-0.15, -0.1) is 0 Å². The van der Waals surface area contributed by atoms with E-state index in [-0.39, 0.29) is 6.61 Å². The van der Waals surface area contributed by atoms with Crippen LogP contribution < -0.4 is 0 Å². The van der Waals surface area contributed by atoms with Crippen molar-refractivity contribution < 1.29 is 5.11 Å². The topological polar surface area (TPSA) is 33.1 Å². The Morgan fingerprint density at radius 3 is 2.85 bits per heavy atom. The lowest BCUT2D eigenvalue weighted by Crippen LogP contribution is -1.82. The van der Waals surface area contributed by atoms with Crippen molar-refractivity contribution in [2.75, 3.05) is 6.61 Å². The molecule has 0 saturated carbocycles. The van der Waals surface area contributed by atoms with Crippen molar-refractivity contribution in [3.63, 3.8) is 0 Å². The normalized spacial score (nSPS) is 11.0. The lowest BCUT2D eigenvalue weighted by Gasteiger charge is -1.98. The highest BCUT2D eigenvalue weighted by atomic mass is 35.5. The minimum Gasteiger partial charge on any atom is -0.396 e. The maximum Gasteiger partial charge on any atom is 0.137 e. The number of aromatic nitrogens is 1. The van der Waals surface area contributed by atoms with Crippen molar-refractivity contribution in [1.29, 1.82) is 0 Å². The molecule has 4 heteroatoms. The van der Waals surface area contributed by atoms with Gasteiger partial charge in [0.2, 0.25) is 0 Å². The Balaban J connectivity index is 2.87. The Bertz CT molecular complexity index is 292. The van der Waals surface area contributed by atoms with E-state index in [9.17, 15) is 0 Å². The number of rotatable bonds is 3. The largest absolute Gasteiger partial charge is 0.396 e. The standard InChI is InChI=1S/C9H9Cl2NO/c10-8-4-5-12-9(11)7(8)3-1-2-6-13/h1,3-5,13H,2,6H2. The van der Waals surface area contributed by atoms with Gasteiger partial charge in [0.1, 0.15) is 5.15 Å². The minimum atomic E-state index is 0.117. The summed E-state index contributed by atoms with van der Waals surface area (Å²) in [6.07, 6.45) is 5.69. The number of pyridine rings is 1. The second-order valence-electron chi connectivity index (χ2n) is 2.41. The molecule has 0 aliphatic heterocycles. The first-order chi connectivity index (χ1) is 6.25. The van der Waals surface area contributed by atoms with Gasteiger partial charge in [0.05, 0.1) is 5.02 Å². The van der Waals surface area contributed by atoms with Crippen LogP contribution in [0.15, 0.2) is 18.3 Å². The molecule has 0 fully saturated rings. The first-order valence-corrected chi connectivity index (χ1v) is 4.58. The SMILES string of the molecule is OCCC=Cc1c(Cl)ccnc1Cl. The predicted molar refractivity (Wildman–Crippen MR) is 55.0 cm³/mol. The van der Waals surface area contributed by atoms with Crippen LogP contribution in [0.2, 0.25) is 10.2 Å². The zero-order valence-corrected chi connectivity index (χ0v) is 8.39. The molecule has 0 radical (unpaired) electrons. The highest BCUT2D eigenvalue weighted by molar-refractivity contribution is 6.36. The molecule has 0 atom stereocenters. The van der Waals surface area contributed by atoms with Crippen molar-refractivity contribution in [3.8, 4) is 0 Å². The smallest absolute Gasteiger partial charge is 0.137 e. The molecule has 0 aliphatic carbocycles. The maximum atomic E-state index is 8.55. The molecule has 0 spiro atoms. The van der Waals surface area contributed by atoms with E-state index in [1.807, 2.05) is 0 Å². The first-order valence-electron chi connectivity index (χ1n) is 3.83. The Morgan fingerprint density at radius 1 is 1.46 bits per heavy atom. The van der Waals surface area contributed by atoms with Gasteiger partial charge in [-0.1, -0.05) is 35.4 Å². The third-order valence-electron chi connectivity index (χ3n) is 1.47. The lowest BCUT2D eigenvalue weighted by atomic mass is 10.2. The summed E-state index contributed by atoms with van der Waals surface area (Å²) in [5, 5.41) is 9.49. The van der Waals surface area contributed by atoms with Gasteiger partial charge in [-0.25, -0.2) is 4.98 Å². The summed E-state index contributed by atoms with van der Waals surface area (Å²) in [6, 6.07) is 1.67. The van der Waals surface area contributed by atoms with Crippen molar-refractivity contribution >= 4 is 29.3 Å². The van der Waals surface area contributed by atoms with Gasteiger partial charge >= 0.3 is 0 Å². The van der Waals surface area contributed by atoms with Crippen LogP contribution in [0.5, 0.6) is 0 Å². The summed E-state index contributed by atoms with van der Waals surface area (Å²) >= 11 is 11.7. The zero-order chi connectivity index (χ0) is 9.68. The molecule has 0 bridgehead atoms. The van der Waals surface area contributed by atoms with Gasteiger partial charge < -0.3 is 5.11 Å². The molecule has 1 aromatic heterocycles. The van der Waals surface area contributed by atoms with E-state index in [0.29, 0.717) is 22.2 Å². The molecule has 1 rings (SSSR count). The quantitative estimate of drug-likeness (QED) is 0.791. The van der Waals surface area contributed by atoms with Crippen LogP contribution in [0.1, 0.15) is 12.0 Å². The molecule has 0 aliphatic rings. The van der Waals surface area contributed by atoms with Crippen LogP contribution in [0, 0.1) is 0 Å². The summed E-state index contributed by atoms with van der Waals surface area (Å²) in [5.74, 6) is 0. The number of aliphatic hydroxyl groups is 1. The molecule has 1 heterocycles. The van der Waals surface area contributed by atoms with Gasteiger partial charge in [0, 0.05) is 18.4 Å². The van der Waals surface area contributed by atoms with Gasteiger partial charge in [0.15, 0.2) is 0 Å². The lowest BCUT2D eigenvalue weighted by molar-refractivity contribution is 0.303. The van der Waals surface area contributed by atoms with E-state index >= 15 is 0 Å². The monoisotopic (exact) mass is 217 g/mol. The average molecular weight is 218 g/mol. The number of hydrogen-bond donors (Lipinski definition) is 1. The number of halogens is 2.